The first-order valence-electron chi connectivity index (χ1n) is 7.07. The van der Waals surface area contributed by atoms with Crippen LogP contribution < -0.4 is 0 Å². The Morgan fingerprint density at radius 3 is 2.61 bits per heavy atom. The third-order valence-electron chi connectivity index (χ3n) is 4.47. The molecule has 0 amide bonds. The number of hydrogen-bond acceptors (Lipinski definition) is 2. The third-order valence-corrected chi connectivity index (χ3v) is 4.47. The Kier molecular flexibility index (Phi) is 4.15. The molecule has 1 aliphatic carbocycles. The van der Waals surface area contributed by atoms with Gasteiger partial charge in [0.15, 0.2) is 11.5 Å². The van der Waals surface area contributed by atoms with Gasteiger partial charge >= 0.3 is 0 Å². The van der Waals surface area contributed by atoms with Crippen molar-refractivity contribution in [3.8, 4) is 11.5 Å². The van der Waals surface area contributed by atoms with E-state index in [1.807, 2.05) is 6.07 Å². The van der Waals surface area contributed by atoms with Crippen molar-refractivity contribution in [1.82, 2.24) is 0 Å². The Labute approximate surface area is 110 Å². The van der Waals surface area contributed by atoms with E-state index in [2.05, 4.69) is 13.8 Å². The fourth-order valence-corrected chi connectivity index (χ4v) is 3.12. The van der Waals surface area contributed by atoms with Gasteiger partial charge in [-0.05, 0) is 61.1 Å². The first-order chi connectivity index (χ1) is 8.56. The van der Waals surface area contributed by atoms with Crippen LogP contribution in [0.25, 0.3) is 0 Å². The second kappa shape index (κ2) is 5.64. The van der Waals surface area contributed by atoms with Gasteiger partial charge in [-0.15, -0.1) is 0 Å². The van der Waals surface area contributed by atoms with Crippen molar-refractivity contribution in [3.05, 3.63) is 23.8 Å². The predicted octanol–water partition coefficient (Wildman–Crippen LogP) is 4.10. The number of rotatable bonds is 4. The molecule has 2 heteroatoms. The second-order valence-electron chi connectivity index (χ2n) is 6.02. The Balaban J connectivity index is 1.85. The van der Waals surface area contributed by atoms with Crippen molar-refractivity contribution in [3.63, 3.8) is 0 Å². The van der Waals surface area contributed by atoms with E-state index in [0.29, 0.717) is 0 Å². The summed E-state index contributed by atoms with van der Waals surface area (Å²) < 4.78 is 0. The lowest BCUT2D eigenvalue weighted by Gasteiger charge is -2.19. The first-order valence-corrected chi connectivity index (χ1v) is 7.07. The lowest BCUT2D eigenvalue weighted by Crippen LogP contribution is -2.09. The second-order valence-corrected chi connectivity index (χ2v) is 6.02. The fourth-order valence-electron chi connectivity index (χ4n) is 3.12. The molecule has 0 aliphatic heterocycles. The molecule has 3 unspecified atom stereocenters. The summed E-state index contributed by atoms with van der Waals surface area (Å²) in [5, 5.41) is 18.7. The van der Waals surface area contributed by atoms with E-state index in [9.17, 15) is 10.2 Å². The predicted molar refractivity (Wildman–Crippen MR) is 73.8 cm³/mol. The molecule has 2 rings (SSSR count). The van der Waals surface area contributed by atoms with Crippen LogP contribution in [0.4, 0.5) is 0 Å². The zero-order valence-corrected chi connectivity index (χ0v) is 11.4. The minimum absolute atomic E-state index is 0.00496. The number of hydrogen-bond donors (Lipinski definition) is 2. The zero-order chi connectivity index (χ0) is 13.1. The Hall–Kier alpha value is -1.18. The largest absolute Gasteiger partial charge is 0.504 e. The molecule has 0 aromatic heterocycles. The summed E-state index contributed by atoms with van der Waals surface area (Å²) >= 11 is 0. The maximum Gasteiger partial charge on any atom is 0.157 e. The van der Waals surface area contributed by atoms with E-state index < -0.39 is 0 Å². The van der Waals surface area contributed by atoms with Crippen LogP contribution in [0, 0.1) is 17.8 Å². The molecule has 1 aromatic rings. The van der Waals surface area contributed by atoms with Gasteiger partial charge in [0, 0.05) is 0 Å². The van der Waals surface area contributed by atoms with Gasteiger partial charge in [-0.25, -0.2) is 0 Å². The minimum atomic E-state index is -0.0311. The average molecular weight is 248 g/mol. The maximum absolute atomic E-state index is 9.46. The van der Waals surface area contributed by atoms with Crippen LogP contribution in [-0.4, -0.2) is 10.2 Å². The number of phenols is 2. The van der Waals surface area contributed by atoms with Crippen molar-refractivity contribution in [2.45, 2.75) is 46.0 Å². The molecule has 18 heavy (non-hydrogen) atoms. The van der Waals surface area contributed by atoms with Crippen LogP contribution in [-0.2, 0) is 6.42 Å². The number of aryl methyl sites for hydroxylation is 1. The molecular weight excluding hydrogens is 224 g/mol. The summed E-state index contributed by atoms with van der Waals surface area (Å²) in [5.41, 5.74) is 1.11. The normalized spacial score (nSPS) is 25.2. The van der Waals surface area contributed by atoms with Crippen LogP contribution in [0.3, 0.4) is 0 Å². The van der Waals surface area contributed by atoms with Gasteiger partial charge in [0.1, 0.15) is 0 Å². The van der Waals surface area contributed by atoms with Gasteiger partial charge < -0.3 is 10.2 Å². The smallest absolute Gasteiger partial charge is 0.157 e. The van der Waals surface area contributed by atoms with Gasteiger partial charge in [0.2, 0.25) is 0 Å². The molecule has 2 N–H and O–H groups in total. The van der Waals surface area contributed by atoms with E-state index in [0.717, 1.165) is 29.7 Å². The average Bonchev–Trinajstić information content (AvgIpc) is 2.77. The molecule has 1 aliphatic rings. The van der Waals surface area contributed by atoms with E-state index in [4.69, 9.17) is 0 Å². The number of aromatic hydroxyl groups is 2. The van der Waals surface area contributed by atoms with E-state index in [1.165, 1.54) is 25.7 Å². The number of benzene rings is 1. The van der Waals surface area contributed by atoms with Crippen LogP contribution in [0.5, 0.6) is 11.5 Å². The fraction of sp³-hybridized carbons (Fsp3) is 0.625. The third kappa shape index (κ3) is 3.18. The van der Waals surface area contributed by atoms with Crippen LogP contribution >= 0.6 is 0 Å². The lowest BCUT2D eigenvalue weighted by atomic mass is 9.87. The first kappa shape index (κ1) is 13.3. The van der Waals surface area contributed by atoms with Crippen LogP contribution in [0.2, 0.25) is 0 Å². The molecule has 1 aromatic carbocycles. The Morgan fingerprint density at radius 1 is 1.22 bits per heavy atom. The van der Waals surface area contributed by atoms with E-state index in [-0.39, 0.29) is 11.5 Å². The summed E-state index contributed by atoms with van der Waals surface area (Å²) in [7, 11) is 0. The zero-order valence-electron chi connectivity index (χ0n) is 11.4. The summed E-state index contributed by atoms with van der Waals surface area (Å²) in [6.45, 7) is 4.70. The Morgan fingerprint density at radius 2 is 2.00 bits per heavy atom. The highest BCUT2D eigenvalue weighted by atomic mass is 16.3. The molecule has 0 bridgehead atoms. The monoisotopic (exact) mass is 248 g/mol. The molecule has 0 saturated heterocycles. The van der Waals surface area contributed by atoms with Gasteiger partial charge in [0.25, 0.3) is 0 Å². The van der Waals surface area contributed by atoms with Crippen molar-refractivity contribution in [2.24, 2.45) is 17.8 Å². The van der Waals surface area contributed by atoms with E-state index in [1.54, 1.807) is 12.1 Å². The summed E-state index contributed by atoms with van der Waals surface area (Å²) in [5.74, 6) is 2.50. The molecule has 2 nitrogen and oxygen atoms in total. The minimum Gasteiger partial charge on any atom is -0.504 e. The highest BCUT2D eigenvalue weighted by Gasteiger charge is 2.25. The van der Waals surface area contributed by atoms with Gasteiger partial charge in [-0.3, -0.25) is 0 Å². The highest BCUT2D eigenvalue weighted by Crippen LogP contribution is 2.37. The van der Waals surface area contributed by atoms with Gasteiger partial charge in [-0.2, -0.15) is 0 Å². The van der Waals surface area contributed by atoms with Crippen molar-refractivity contribution in [2.75, 3.05) is 0 Å². The molecular formula is C16H24O2. The quantitative estimate of drug-likeness (QED) is 0.787. The molecule has 0 spiro atoms. The topological polar surface area (TPSA) is 40.5 Å². The molecule has 0 radical (unpaired) electrons. The maximum atomic E-state index is 9.46. The SMILES string of the molecule is CC1CCC(C(C)CCc2ccc(O)c(O)c2)C1. The summed E-state index contributed by atoms with van der Waals surface area (Å²) in [4.78, 5) is 0. The summed E-state index contributed by atoms with van der Waals surface area (Å²) in [6.07, 6.45) is 6.29. The summed E-state index contributed by atoms with van der Waals surface area (Å²) in [6, 6.07) is 5.16. The molecule has 0 heterocycles. The molecule has 100 valence electrons. The van der Waals surface area contributed by atoms with Gasteiger partial charge in [-0.1, -0.05) is 26.3 Å². The van der Waals surface area contributed by atoms with Crippen molar-refractivity contribution in [1.29, 1.82) is 0 Å². The Bertz CT molecular complexity index is 400. The van der Waals surface area contributed by atoms with Crippen molar-refractivity contribution >= 4 is 0 Å². The molecule has 1 fully saturated rings. The standard InChI is InChI=1S/C16H24O2/c1-11-3-7-14(9-11)12(2)4-5-13-6-8-15(17)16(18)10-13/h6,8,10-12,14,17-18H,3-5,7,9H2,1-2H3. The highest BCUT2D eigenvalue weighted by molar-refractivity contribution is 5.40. The lowest BCUT2D eigenvalue weighted by molar-refractivity contribution is 0.337. The molecule has 1 saturated carbocycles. The van der Waals surface area contributed by atoms with Gasteiger partial charge in [0.05, 0.1) is 0 Å². The van der Waals surface area contributed by atoms with Crippen molar-refractivity contribution < 1.29 is 10.2 Å². The van der Waals surface area contributed by atoms with Crippen LogP contribution in [0.1, 0.15) is 45.1 Å². The van der Waals surface area contributed by atoms with Crippen LogP contribution in [0.15, 0.2) is 18.2 Å². The number of phenolic OH excluding ortho intramolecular Hbond substituents is 2. The van der Waals surface area contributed by atoms with E-state index >= 15 is 0 Å². The molecule has 3 atom stereocenters.